The molecule has 1 heterocycles. The molecule has 36 heavy (non-hydrogen) atoms. The molecule has 3 aromatic carbocycles. The number of hydrogen-bond donors (Lipinski definition) is 2. The van der Waals surface area contributed by atoms with E-state index in [0.717, 1.165) is 33.2 Å². The fourth-order valence-corrected chi connectivity index (χ4v) is 4.13. The molecule has 0 aliphatic heterocycles. The van der Waals surface area contributed by atoms with Crippen LogP contribution in [-0.4, -0.2) is 44.4 Å². The van der Waals surface area contributed by atoms with Gasteiger partial charge in [0.1, 0.15) is 22.5 Å². The number of carbonyl (C=O) groups is 1. The van der Waals surface area contributed by atoms with Crippen LogP contribution in [0.3, 0.4) is 0 Å². The minimum atomic E-state index is -1.18. The van der Waals surface area contributed by atoms with E-state index in [-0.39, 0.29) is 30.3 Å². The fourth-order valence-electron chi connectivity index (χ4n) is 4.13. The number of fused-ring (bicyclic) bond motifs is 1. The quantitative estimate of drug-likeness (QED) is 0.348. The molecule has 2 N–H and O–H groups in total. The van der Waals surface area contributed by atoms with Gasteiger partial charge in [0.15, 0.2) is 0 Å². The Balaban J connectivity index is 1.38. The monoisotopic (exact) mass is 491 g/mol. The lowest BCUT2D eigenvalue weighted by Crippen LogP contribution is -2.32. The molecule has 4 rings (SSSR count). The molecule has 0 aliphatic carbocycles. The molecule has 0 unspecified atom stereocenters. The molecule has 0 bridgehead atoms. The third-order valence-electron chi connectivity index (χ3n) is 6.24. The van der Waals surface area contributed by atoms with Gasteiger partial charge in [-0.3, -0.25) is 9.59 Å². The van der Waals surface area contributed by atoms with E-state index in [1.807, 2.05) is 48.5 Å². The highest BCUT2D eigenvalue weighted by Gasteiger charge is 2.26. The first-order valence-corrected chi connectivity index (χ1v) is 11.5. The van der Waals surface area contributed by atoms with Gasteiger partial charge >= 0.3 is 5.97 Å². The molecule has 0 amide bonds. The fraction of sp³-hybridized carbons (Fsp3) is 0.259. The molecular formula is C27H26FN3O5. The Bertz CT molecular complexity index is 1400. The maximum absolute atomic E-state index is 14.1. The number of methoxy groups -OCH3 is 1. The summed E-state index contributed by atoms with van der Waals surface area (Å²) in [6, 6.07) is 19.6. The lowest BCUT2D eigenvalue weighted by Gasteiger charge is -2.19. The van der Waals surface area contributed by atoms with E-state index in [2.05, 4.69) is 10.3 Å². The zero-order valence-electron chi connectivity index (χ0n) is 19.7. The first-order chi connectivity index (χ1) is 17.4. The van der Waals surface area contributed by atoms with Crippen molar-refractivity contribution >= 4 is 16.9 Å². The number of ether oxygens (including phenoxy) is 1. The second kappa shape index (κ2) is 11.1. The largest absolute Gasteiger partial charge is 0.497 e. The van der Waals surface area contributed by atoms with Gasteiger partial charge in [-0.1, -0.05) is 47.7 Å². The molecule has 4 aromatic rings. The van der Waals surface area contributed by atoms with Gasteiger partial charge in [-0.2, -0.15) is 0 Å². The third kappa shape index (κ3) is 5.58. The van der Waals surface area contributed by atoms with Crippen LogP contribution in [0.25, 0.3) is 22.0 Å². The highest BCUT2D eigenvalue weighted by Crippen LogP contribution is 2.24. The topological polar surface area (TPSA) is 115 Å². The number of hydrogen-bond acceptors (Lipinski definition) is 6. The van der Waals surface area contributed by atoms with Crippen molar-refractivity contribution in [1.82, 2.24) is 15.0 Å². The summed E-state index contributed by atoms with van der Waals surface area (Å²) >= 11 is 0. The van der Waals surface area contributed by atoms with Crippen molar-refractivity contribution in [1.29, 1.82) is 0 Å². The second-order valence-corrected chi connectivity index (χ2v) is 8.52. The lowest BCUT2D eigenvalue weighted by atomic mass is 9.93. The molecule has 0 fully saturated rings. The molecule has 0 spiro atoms. The van der Waals surface area contributed by atoms with E-state index in [1.165, 1.54) is 12.1 Å². The Hall–Kier alpha value is -4.11. The summed E-state index contributed by atoms with van der Waals surface area (Å²) < 4.78 is 20.2. The molecule has 0 saturated heterocycles. The van der Waals surface area contributed by atoms with Crippen molar-refractivity contribution in [3.8, 4) is 16.9 Å². The van der Waals surface area contributed by atoms with Crippen molar-refractivity contribution in [2.24, 2.45) is 5.92 Å². The Morgan fingerprint density at radius 3 is 2.33 bits per heavy atom. The van der Waals surface area contributed by atoms with E-state index >= 15 is 0 Å². The molecule has 0 aliphatic rings. The van der Waals surface area contributed by atoms with Gasteiger partial charge in [0.05, 0.1) is 19.1 Å². The summed E-state index contributed by atoms with van der Waals surface area (Å²) in [6.45, 7) is -0.110. The SMILES string of the molecule is COc1ccc(-c2ccc(CC[C@@H](O)[C@@H](CCn3nnc4cccc(F)c4c3=O)C(=O)O)cc2)cc1. The lowest BCUT2D eigenvalue weighted by molar-refractivity contribution is -0.146. The van der Waals surface area contributed by atoms with Gasteiger partial charge in [-0.25, -0.2) is 9.07 Å². The first-order valence-electron chi connectivity index (χ1n) is 11.5. The summed E-state index contributed by atoms with van der Waals surface area (Å²) in [5.74, 6) is -2.23. The van der Waals surface area contributed by atoms with Crippen LogP contribution in [0.4, 0.5) is 4.39 Å². The molecule has 2 atom stereocenters. The van der Waals surface area contributed by atoms with E-state index in [4.69, 9.17) is 4.74 Å². The summed E-state index contributed by atoms with van der Waals surface area (Å²) in [6.07, 6.45) is -0.480. The number of benzene rings is 3. The number of aliphatic hydroxyl groups excluding tert-OH is 1. The number of aromatic nitrogens is 3. The molecule has 8 nitrogen and oxygen atoms in total. The molecule has 186 valence electrons. The molecule has 9 heteroatoms. The van der Waals surface area contributed by atoms with Crippen molar-refractivity contribution in [2.45, 2.75) is 31.9 Å². The minimum Gasteiger partial charge on any atom is -0.497 e. The number of aliphatic carboxylic acids is 1. The van der Waals surface area contributed by atoms with Crippen LogP contribution >= 0.6 is 0 Å². The summed E-state index contributed by atoms with van der Waals surface area (Å²) in [4.78, 5) is 24.4. The van der Waals surface area contributed by atoms with E-state index < -0.39 is 29.4 Å². The van der Waals surface area contributed by atoms with Crippen molar-refractivity contribution in [3.63, 3.8) is 0 Å². The number of halogens is 1. The maximum atomic E-state index is 14.1. The summed E-state index contributed by atoms with van der Waals surface area (Å²) in [5.41, 5.74) is 2.48. The highest BCUT2D eigenvalue weighted by molar-refractivity contribution is 5.77. The Morgan fingerprint density at radius 1 is 1.03 bits per heavy atom. The van der Waals surface area contributed by atoms with Crippen LogP contribution in [-0.2, 0) is 17.8 Å². The normalized spacial score (nSPS) is 12.9. The van der Waals surface area contributed by atoms with Gasteiger partial charge in [-0.05, 0) is 60.2 Å². The zero-order valence-corrected chi connectivity index (χ0v) is 19.7. The smallest absolute Gasteiger partial charge is 0.309 e. The van der Waals surface area contributed by atoms with E-state index in [9.17, 15) is 24.2 Å². The number of carboxylic acid groups (broad SMARTS) is 1. The summed E-state index contributed by atoms with van der Waals surface area (Å²) in [7, 11) is 1.62. The number of aryl methyl sites for hydroxylation is 2. The molecule has 1 aromatic heterocycles. The predicted octanol–water partition coefficient (Wildman–Crippen LogP) is 3.69. The van der Waals surface area contributed by atoms with Gasteiger partial charge in [0, 0.05) is 6.54 Å². The number of nitrogens with zero attached hydrogens (tertiary/aromatic N) is 3. The average molecular weight is 492 g/mol. The summed E-state index contributed by atoms with van der Waals surface area (Å²) in [5, 5.41) is 27.7. The zero-order chi connectivity index (χ0) is 25.7. The molecule has 0 radical (unpaired) electrons. The van der Waals surface area contributed by atoms with E-state index in [0.29, 0.717) is 6.42 Å². The molecular weight excluding hydrogens is 465 g/mol. The van der Waals surface area contributed by atoms with E-state index in [1.54, 1.807) is 7.11 Å². The second-order valence-electron chi connectivity index (χ2n) is 8.52. The van der Waals surface area contributed by atoms with Gasteiger partial charge in [-0.15, -0.1) is 5.10 Å². The van der Waals surface area contributed by atoms with Gasteiger partial charge < -0.3 is 14.9 Å². The molecule has 0 saturated carbocycles. The Labute approximate surface area is 206 Å². The van der Waals surface area contributed by atoms with Gasteiger partial charge in [0.25, 0.3) is 5.56 Å². The number of rotatable bonds is 10. The predicted molar refractivity (Wildman–Crippen MR) is 132 cm³/mol. The third-order valence-corrected chi connectivity index (χ3v) is 6.24. The van der Waals surface area contributed by atoms with Crippen LogP contribution in [0, 0.1) is 11.7 Å². The van der Waals surface area contributed by atoms with Crippen LogP contribution < -0.4 is 10.3 Å². The first kappa shape index (κ1) is 25.0. The minimum absolute atomic E-state index is 0.0541. The number of aliphatic hydroxyl groups is 1. The van der Waals surface area contributed by atoms with Crippen LogP contribution in [0.2, 0.25) is 0 Å². The maximum Gasteiger partial charge on any atom is 0.309 e. The van der Waals surface area contributed by atoms with Crippen LogP contribution in [0.5, 0.6) is 5.75 Å². The van der Waals surface area contributed by atoms with Crippen LogP contribution in [0.15, 0.2) is 71.5 Å². The highest BCUT2D eigenvalue weighted by atomic mass is 19.1. The number of carboxylic acids is 1. The Kier molecular flexibility index (Phi) is 7.70. The van der Waals surface area contributed by atoms with Crippen molar-refractivity contribution in [3.05, 3.63) is 88.5 Å². The van der Waals surface area contributed by atoms with Crippen LogP contribution in [0.1, 0.15) is 18.4 Å². The van der Waals surface area contributed by atoms with Gasteiger partial charge in [0.2, 0.25) is 0 Å². The average Bonchev–Trinajstić information content (AvgIpc) is 2.89. The Morgan fingerprint density at radius 2 is 1.69 bits per heavy atom. The van der Waals surface area contributed by atoms with Crippen molar-refractivity contribution in [2.75, 3.05) is 7.11 Å². The standard InChI is InChI=1S/C27H26FN3O5/c1-36-20-12-10-19(11-13-20)18-8-5-17(6-9-18)7-14-24(32)21(27(34)35)15-16-31-26(33)25-22(28)3-2-4-23(25)29-30-31/h2-6,8-13,21,24,32H,7,14-16H2,1H3,(H,34,35)/t21-,24-/m1/s1. The van der Waals surface area contributed by atoms with Crippen molar-refractivity contribution < 1.29 is 24.1 Å².